The Morgan fingerprint density at radius 1 is 1.27 bits per heavy atom. The van der Waals surface area contributed by atoms with Gasteiger partial charge in [-0.2, -0.15) is 0 Å². The van der Waals surface area contributed by atoms with Crippen molar-refractivity contribution in [2.75, 3.05) is 6.61 Å². The molecule has 1 aliphatic heterocycles. The van der Waals surface area contributed by atoms with Gasteiger partial charge in [0.25, 0.3) is 11.2 Å². The van der Waals surface area contributed by atoms with Crippen molar-refractivity contribution in [3.05, 3.63) is 105 Å². The minimum atomic E-state index is -0.642. The number of furan rings is 1. The number of thiazole rings is 1. The number of esters is 1. The standard InChI is InChI=1S/C26H21N3O6S2/c1-4-34-25(31)22-15(3)27-26-28(23(22)20-6-5-11-36-20)24(30)21(37-26)13-17-9-10-19(35-17)18-12-16(29(32)33)8-7-14(18)2/h5-13,23H,4H2,1-3H3/b21-13-/t23-/m1/s1. The van der Waals surface area contributed by atoms with Crippen molar-refractivity contribution in [2.24, 2.45) is 4.99 Å². The van der Waals surface area contributed by atoms with Crippen LogP contribution in [0.15, 0.2) is 73.3 Å². The molecule has 1 atom stereocenters. The minimum Gasteiger partial charge on any atom is -0.463 e. The van der Waals surface area contributed by atoms with Crippen LogP contribution in [-0.4, -0.2) is 22.1 Å². The van der Waals surface area contributed by atoms with Crippen LogP contribution in [0.25, 0.3) is 17.4 Å². The van der Waals surface area contributed by atoms with Gasteiger partial charge in [-0.1, -0.05) is 23.5 Å². The largest absolute Gasteiger partial charge is 0.463 e. The van der Waals surface area contributed by atoms with Crippen molar-refractivity contribution >= 4 is 40.4 Å². The molecule has 0 saturated carbocycles. The highest BCUT2D eigenvalue weighted by Gasteiger charge is 2.33. The van der Waals surface area contributed by atoms with Gasteiger partial charge in [-0.05, 0) is 49.9 Å². The van der Waals surface area contributed by atoms with E-state index in [9.17, 15) is 19.7 Å². The zero-order valence-electron chi connectivity index (χ0n) is 20.1. The van der Waals surface area contributed by atoms with Gasteiger partial charge in [-0.25, -0.2) is 9.79 Å². The van der Waals surface area contributed by atoms with E-state index in [1.807, 2.05) is 24.4 Å². The van der Waals surface area contributed by atoms with Gasteiger partial charge in [0.15, 0.2) is 4.80 Å². The van der Waals surface area contributed by atoms with Gasteiger partial charge in [-0.15, -0.1) is 11.3 Å². The molecule has 4 heterocycles. The number of nitro benzene ring substituents is 1. The smallest absolute Gasteiger partial charge is 0.338 e. The van der Waals surface area contributed by atoms with E-state index in [1.165, 1.54) is 39.4 Å². The number of aryl methyl sites for hydroxylation is 1. The number of rotatable bonds is 6. The number of aromatic nitrogens is 1. The Bertz CT molecular complexity index is 1740. The first kappa shape index (κ1) is 24.6. The molecule has 0 N–H and O–H groups in total. The summed E-state index contributed by atoms with van der Waals surface area (Å²) >= 11 is 2.65. The second-order valence-electron chi connectivity index (χ2n) is 8.28. The van der Waals surface area contributed by atoms with E-state index in [1.54, 1.807) is 38.1 Å². The molecule has 0 amide bonds. The van der Waals surface area contributed by atoms with Crippen molar-refractivity contribution in [3.63, 3.8) is 0 Å². The molecule has 0 fully saturated rings. The number of allylic oxidation sites excluding steroid dienone is 1. The third-order valence-corrected chi connectivity index (χ3v) is 7.83. The molecule has 0 radical (unpaired) electrons. The number of ether oxygens (including phenoxy) is 1. The van der Waals surface area contributed by atoms with Crippen molar-refractivity contribution in [1.82, 2.24) is 4.57 Å². The first-order valence-corrected chi connectivity index (χ1v) is 13.1. The predicted octanol–water partition coefficient (Wildman–Crippen LogP) is 4.34. The summed E-state index contributed by atoms with van der Waals surface area (Å²) in [7, 11) is 0. The van der Waals surface area contributed by atoms with Gasteiger partial charge < -0.3 is 9.15 Å². The van der Waals surface area contributed by atoms with Gasteiger partial charge >= 0.3 is 5.97 Å². The summed E-state index contributed by atoms with van der Waals surface area (Å²) in [4.78, 5) is 43.1. The van der Waals surface area contributed by atoms with Gasteiger partial charge in [0.1, 0.15) is 17.6 Å². The van der Waals surface area contributed by atoms with Crippen LogP contribution in [0.4, 0.5) is 5.69 Å². The molecular weight excluding hydrogens is 514 g/mol. The molecule has 0 unspecified atom stereocenters. The SMILES string of the molecule is CCOC(=O)C1=C(C)N=c2s/c(=C\c3ccc(-c4cc([N+](=O)[O-])ccc4C)o3)c(=O)n2[C@@H]1c1cccs1. The molecule has 3 aromatic heterocycles. The first-order chi connectivity index (χ1) is 17.8. The molecule has 1 aliphatic rings. The number of carbonyl (C=O) groups excluding carboxylic acids is 1. The monoisotopic (exact) mass is 535 g/mol. The lowest BCUT2D eigenvalue weighted by Gasteiger charge is -2.23. The average Bonchev–Trinajstić information content (AvgIpc) is 3.61. The highest BCUT2D eigenvalue weighted by Crippen LogP contribution is 2.33. The van der Waals surface area contributed by atoms with Crippen LogP contribution in [0.5, 0.6) is 0 Å². The quantitative estimate of drug-likeness (QED) is 0.206. The number of nitro groups is 1. The van der Waals surface area contributed by atoms with Crippen molar-refractivity contribution in [3.8, 4) is 11.3 Å². The maximum Gasteiger partial charge on any atom is 0.338 e. The Morgan fingerprint density at radius 2 is 2.08 bits per heavy atom. The van der Waals surface area contributed by atoms with E-state index in [-0.39, 0.29) is 17.9 Å². The van der Waals surface area contributed by atoms with E-state index in [0.717, 1.165) is 10.4 Å². The van der Waals surface area contributed by atoms with E-state index in [2.05, 4.69) is 4.99 Å². The van der Waals surface area contributed by atoms with E-state index in [0.29, 0.717) is 37.7 Å². The summed E-state index contributed by atoms with van der Waals surface area (Å²) in [6.07, 6.45) is 1.62. The molecule has 0 aliphatic carbocycles. The molecule has 0 saturated heterocycles. The minimum absolute atomic E-state index is 0.0341. The van der Waals surface area contributed by atoms with Gasteiger partial charge in [0.2, 0.25) is 0 Å². The maximum absolute atomic E-state index is 13.6. The topological polar surface area (TPSA) is 117 Å². The highest BCUT2D eigenvalue weighted by molar-refractivity contribution is 7.10. The number of non-ortho nitro benzene ring substituents is 1. The normalized spacial score (nSPS) is 15.4. The number of benzene rings is 1. The summed E-state index contributed by atoms with van der Waals surface area (Å²) in [6.45, 7) is 5.52. The van der Waals surface area contributed by atoms with Crippen LogP contribution in [0.2, 0.25) is 0 Å². The fourth-order valence-corrected chi connectivity index (χ4v) is 6.05. The molecule has 1 aromatic carbocycles. The molecule has 188 valence electrons. The number of carbonyl (C=O) groups is 1. The molecule has 37 heavy (non-hydrogen) atoms. The Balaban J connectivity index is 1.61. The average molecular weight is 536 g/mol. The molecule has 0 bridgehead atoms. The summed E-state index contributed by atoms with van der Waals surface area (Å²) in [5, 5.41) is 13.1. The zero-order valence-corrected chi connectivity index (χ0v) is 21.7. The molecular formula is C26H21N3O6S2. The van der Waals surface area contributed by atoms with E-state index < -0.39 is 16.9 Å². The number of fused-ring (bicyclic) bond motifs is 1. The molecule has 9 nitrogen and oxygen atoms in total. The van der Waals surface area contributed by atoms with Crippen LogP contribution >= 0.6 is 22.7 Å². The highest BCUT2D eigenvalue weighted by atomic mass is 32.1. The maximum atomic E-state index is 13.6. The van der Waals surface area contributed by atoms with E-state index in [4.69, 9.17) is 9.15 Å². The van der Waals surface area contributed by atoms with Crippen LogP contribution < -0.4 is 14.9 Å². The Morgan fingerprint density at radius 3 is 2.78 bits per heavy atom. The Kier molecular flexibility index (Phi) is 6.48. The van der Waals surface area contributed by atoms with Crippen LogP contribution in [0, 0.1) is 17.0 Å². The van der Waals surface area contributed by atoms with Gasteiger partial charge in [0.05, 0.1) is 27.3 Å². The first-order valence-electron chi connectivity index (χ1n) is 11.4. The van der Waals surface area contributed by atoms with Crippen LogP contribution in [-0.2, 0) is 9.53 Å². The third kappa shape index (κ3) is 4.47. The Hall–Kier alpha value is -4.09. The number of hydrogen-bond donors (Lipinski definition) is 0. The van der Waals surface area contributed by atoms with Crippen molar-refractivity contribution in [1.29, 1.82) is 0 Å². The second-order valence-corrected chi connectivity index (χ2v) is 10.3. The van der Waals surface area contributed by atoms with Crippen molar-refractivity contribution < 1.29 is 18.9 Å². The fraction of sp³-hybridized carbons (Fsp3) is 0.192. The van der Waals surface area contributed by atoms with Crippen molar-refractivity contribution in [2.45, 2.75) is 26.8 Å². The van der Waals surface area contributed by atoms with Crippen LogP contribution in [0.3, 0.4) is 0 Å². The molecule has 11 heteroatoms. The van der Waals surface area contributed by atoms with E-state index >= 15 is 0 Å². The van der Waals surface area contributed by atoms with Gasteiger partial charge in [-0.3, -0.25) is 19.5 Å². The Labute approximate surface area is 218 Å². The molecule has 4 aromatic rings. The lowest BCUT2D eigenvalue weighted by molar-refractivity contribution is -0.384. The third-order valence-electron chi connectivity index (χ3n) is 5.93. The van der Waals surface area contributed by atoms with Crippen LogP contribution in [0.1, 0.15) is 36.1 Å². The molecule has 0 spiro atoms. The second kappa shape index (κ2) is 9.75. The number of nitrogens with zero attached hydrogens (tertiary/aromatic N) is 3. The summed E-state index contributed by atoms with van der Waals surface area (Å²) in [5.41, 5.74) is 1.93. The fourth-order valence-electron chi connectivity index (χ4n) is 4.20. The molecule has 5 rings (SSSR count). The predicted molar refractivity (Wildman–Crippen MR) is 140 cm³/mol. The summed E-state index contributed by atoms with van der Waals surface area (Å²) < 4.78 is 13.1. The summed E-state index contributed by atoms with van der Waals surface area (Å²) in [6, 6.07) is 11.1. The lowest BCUT2D eigenvalue weighted by Crippen LogP contribution is -2.39. The number of thiophene rings is 1. The zero-order chi connectivity index (χ0) is 26.3. The number of hydrogen-bond acceptors (Lipinski definition) is 9. The summed E-state index contributed by atoms with van der Waals surface area (Å²) in [5.74, 6) is 0.372. The van der Waals surface area contributed by atoms with Gasteiger partial charge in [0, 0.05) is 28.6 Å². The lowest BCUT2D eigenvalue weighted by atomic mass is 10.0.